The van der Waals surface area contributed by atoms with E-state index in [1.807, 2.05) is 0 Å². The third-order valence-corrected chi connectivity index (χ3v) is 4.35. The van der Waals surface area contributed by atoms with Gasteiger partial charge in [0.1, 0.15) is 0 Å². The van der Waals surface area contributed by atoms with E-state index in [9.17, 15) is 0 Å². The van der Waals surface area contributed by atoms with Crippen molar-refractivity contribution in [2.45, 2.75) is 32.1 Å². The Morgan fingerprint density at radius 3 is 2.74 bits per heavy atom. The van der Waals surface area contributed by atoms with Crippen LogP contribution in [0.15, 0.2) is 59.7 Å². The van der Waals surface area contributed by atoms with Gasteiger partial charge in [-0.1, -0.05) is 59.7 Å². The molecule has 3 nitrogen and oxygen atoms in total. The summed E-state index contributed by atoms with van der Waals surface area (Å²) >= 11 is 0. The van der Waals surface area contributed by atoms with Crippen LogP contribution in [-0.4, -0.2) is 6.54 Å². The number of allylic oxidation sites excluding steroid dienone is 2. The van der Waals surface area contributed by atoms with Gasteiger partial charge in [0.15, 0.2) is 0 Å². The molecule has 0 bridgehead atoms. The number of benzene rings is 2. The van der Waals surface area contributed by atoms with E-state index in [4.69, 9.17) is 5.53 Å². The van der Waals surface area contributed by atoms with Crippen LogP contribution in [0.4, 0.5) is 0 Å². The smallest absolute Gasteiger partial charge is 0.0260 e. The summed E-state index contributed by atoms with van der Waals surface area (Å²) in [6.45, 7) is 0.585. The summed E-state index contributed by atoms with van der Waals surface area (Å²) in [5.41, 5.74) is 15.4. The van der Waals surface area contributed by atoms with E-state index in [0.717, 1.165) is 32.1 Å². The van der Waals surface area contributed by atoms with Crippen LogP contribution in [0.3, 0.4) is 0 Å². The van der Waals surface area contributed by atoms with Gasteiger partial charge in [0.05, 0.1) is 0 Å². The van der Waals surface area contributed by atoms with Gasteiger partial charge in [-0.3, -0.25) is 0 Å². The summed E-state index contributed by atoms with van der Waals surface area (Å²) in [7, 11) is 0. The van der Waals surface area contributed by atoms with Crippen LogP contribution in [-0.2, 0) is 12.8 Å². The Balaban J connectivity index is 1.72. The lowest BCUT2D eigenvalue weighted by molar-refractivity contribution is 0.847. The van der Waals surface area contributed by atoms with Crippen molar-refractivity contribution in [3.8, 4) is 0 Å². The van der Waals surface area contributed by atoms with Gasteiger partial charge in [-0.15, -0.1) is 0 Å². The minimum absolute atomic E-state index is 0.585. The molecule has 0 radical (unpaired) electrons. The number of hydrogen-bond acceptors (Lipinski definition) is 1. The second-order valence-electron chi connectivity index (χ2n) is 5.98. The molecule has 0 aliphatic heterocycles. The van der Waals surface area contributed by atoms with E-state index in [1.54, 1.807) is 0 Å². The number of aryl methyl sites for hydroxylation is 1. The van der Waals surface area contributed by atoms with Crippen LogP contribution >= 0.6 is 0 Å². The molecule has 0 saturated heterocycles. The summed E-state index contributed by atoms with van der Waals surface area (Å²) in [5.74, 6) is 0. The highest BCUT2D eigenvalue weighted by Gasteiger charge is 2.16. The molecule has 3 heteroatoms. The summed E-state index contributed by atoms with van der Waals surface area (Å²) < 4.78 is 0. The lowest BCUT2D eigenvalue weighted by Crippen LogP contribution is -1.91. The molecule has 0 fully saturated rings. The van der Waals surface area contributed by atoms with Gasteiger partial charge in [0.2, 0.25) is 0 Å². The van der Waals surface area contributed by atoms with E-state index < -0.39 is 0 Å². The zero-order valence-corrected chi connectivity index (χ0v) is 13.3. The lowest BCUT2D eigenvalue weighted by atomic mass is 9.98. The zero-order chi connectivity index (χ0) is 15.9. The molecule has 116 valence electrons. The van der Waals surface area contributed by atoms with Crippen molar-refractivity contribution >= 4 is 5.57 Å². The molecule has 1 aliphatic rings. The lowest BCUT2D eigenvalue weighted by Gasteiger charge is -2.07. The second-order valence-corrected chi connectivity index (χ2v) is 5.98. The Bertz CT molecular complexity index is 741. The molecule has 2 aromatic carbocycles. The van der Waals surface area contributed by atoms with Gasteiger partial charge < -0.3 is 0 Å². The van der Waals surface area contributed by atoms with Gasteiger partial charge in [-0.25, -0.2) is 0 Å². The molecule has 0 saturated carbocycles. The highest BCUT2D eigenvalue weighted by atomic mass is 15.1. The van der Waals surface area contributed by atoms with Crippen LogP contribution in [0.25, 0.3) is 16.0 Å². The van der Waals surface area contributed by atoms with Crippen LogP contribution in [0.1, 0.15) is 41.5 Å². The Kier molecular flexibility index (Phi) is 5.13. The minimum atomic E-state index is 0.585. The maximum atomic E-state index is 8.30. The number of unbranched alkanes of at least 4 members (excludes halogenated alkanes) is 1. The van der Waals surface area contributed by atoms with Crippen molar-refractivity contribution in [2.75, 3.05) is 6.54 Å². The van der Waals surface area contributed by atoms with Gasteiger partial charge in [-0.2, -0.15) is 0 Å². The highest BCUT2D eigenvalue weighted by molar-refractivity contribution is 5.73. The van der Waals surface area contributed by atoms with E-state index in [0.29, 0.717) is 6.54 Å². The van der Waals surface area contributed by atoms with E-state index in [-0.39, 0.29) is 0 Å². The number of fused-ring (bicyclic) bond motifs is 1. The summed E-state index contributed by atoms with van der Waals surface area (Å²) in [4.78, 5) is 2.80. The van der Waals surface area contributed by atoms with Crippen LogP contribution in [0.2, 0.25) is 0 Å². The molecule has 2 aromatic rings. The number of nitrogens with zero attached hydrogens (tertiary/aromatic N) is 3. The Hall–Kier alpha value is -2.51. The first-order valence-electron chi connectivity index (χ1n) is 8.23. The predicted molar refractivity (Wildman–Crippen MR) is 95.2 cm³/mol. The van der Waals surface area contributed by atoms with Crippen molar-refractivity contribution < 1.29 is 0 Å². The average molecular weight is 303 g/mol. The number of hydrogen-bond donors (Lipinski definition) is 0. The monoisotopic (exact) mass is 303 g/mol. The van der Waals surface area contributed by atoms with Crippen molar-refractivity contribution in [1.82, 2.24) is 0 Å². The maximum absolute atomic E-state index is 8.30. The highest BCUT2D eigenvalue weighted by Crippen LogP contribution is 2.33. The van der Waals surface area contributed by atoms with Crippen molar-refractivity contribution in [3.63, 3.8) is 0 Å². The first-order valence-corrected chi connectivity index (χ1v) is 8.23. The largest absolute Gasteiger partial charge is 0.0940 e. The van der Waals surface area contributed by atoms with Gasteiger partial charge >= 0.3 is 0 Å². The fourth-order valence-corrected chi connectivity index (χ4v) is 3.18. The molecule has 0 aromatic heterocycles. The van der Waals surface area contributed by atoms with Gasteiger partial charge in [-0.05, 0) is 65.5 Å². The standard InChI is InChI=1S/C20H21N3/c21-23-22-13-5-4-8-18-11-12-19-10-9-17(15-20(18)19)14-16-6-2-1-3-7-16/h1-3,6-10,15H,4-5,11-14H2. The van der Waals surface area contributed by atoms with Gasteiger partial charge in [0.25, 0.3) is 0 Å². The van der Waals surface area contributed by atoms with Crippen molar-refractivity contribution in [1.29, 1.82) is 0 Å². The molecular weight excluding hydrogens is 282 g/mol. The molecule has 0 amide bonds. The molecule has 23 heavy (non-hydrogen) atoms. The van der Waals surface area contributed by atoms with Crippen LogP contribution < -0.4 is 0 Å². The van der Waals surface area contributed by atoms with Crippen LogP contribution in [0.5, 0.6) is 0 Å². The Morgan fingerprint density at radius 1 is 1.04 bits per heavy atom. The molecule has 3 rings (SSSR count). The first kappa shape index (κ1) is 15.4. The van der Waals surface area contributed by atoms with E-state index in [1.165, 1.54) is 27.8 Å². The Labute approximate surface area is 137 Å². The molecule has 1 aliphatic carbocycles. The van der Waals surface area contributed by atoms with E-state index >= 15 is 0 Å². The normalized spacial score (nSPS) is 14.5. The maximum Gasteiger partial charge on any atom is 0.0260 e. The first-order chi connectivity index (χ1) is 11.4. The fraction of sp³-hybridized carbons (Fsp3) is 0.300. The minimum Gasteiger partial charge on any atom is -0.0940 e. The number of azide groups is 1. The van der Waals surface area contributed by atoms with Crippen molar-refractivity contribution in [3.05, 3.63) is 87.3 Å². The Morgan fingerprint density at radius 2 is 1.91 bits per heavy atom. The second kappa shape index (κ2) is 7.66. The third kappa shape index (κ3) is 4.02. The van der Waals surface area contributed by atoms with Crippen molar-refractivity contribution in [2.24, 2.45) is 5.11 Å². The third-order valence-electron chi connectivity index (χ3n) is 4.35. The predicted octanol–water partition coefficient (Wildman–Crippen LogP) is 5.70. The molecule has 0 heterocycles. The average Bonchev–Trinajstić information content (AvgIpc) is 2.98. The molecule has 0 atom stereocenters. The SMILES string of the molecule is [N-]=[N+]=NCCCC=C1CCc2ccc(Cc3ccccc3)cc21. The quantitative estimate of drug-likeness (QED) is 0.284. The molecule has 0 unspecified atom stereocenters. The molecule has 0 spiro atoms. The zero-order valence-electron chi connectivity index (χ0n) is 13.3. The molecule has 0 N–H and O–H groups in total. The van der Waals surface area contributed by atoms with Crippen LogP contribution in [0, 0.1) is 0 Å². The topological polar surface area (TPSA) is 48.8 Å². The van der Waals surface area contributed by atoms with Gasteiger partial charge in [0, 0.05) is 11.5 Å². The summed E-state index contributed by atoms with van der Waals surface area (Å²) in [5, 5.41) is 3.59. The fourth-order valence-electron chi connectivity index (χ4n) is 3.18. The van der Waals surface area contributed by atoms with E-state index in [2.05, 4.69) is 64.6 Å². The summed E-state index contributed by atoms with van der Waals surface area (Å²) in [6.07, 6.45) is 7.49. The molecular formula is C20H21N3. The number of rotatable bonds is 6. The summed E-state index contributed by atoms with van der Waals surface area (Å²) in [6, 6.07) is 17.5.